The predicted octanol–water partition coefficient (Wildman–Crippen LogP) is -0.0217. The molecular formula is C9H16O5. The van der Waals surface area contributed by atoms with E-state index in [1.54, 1.807) is 14.2 Å². The fraction of sp³-hybridized carbons (Fsp3) is 0.889. The summed E-state index contributed by atoms with van der Waals surface area (Å²) in [5.41, 5.74) is 0. The molecule has 1 rings (SSSR count). The van der Waals surface area contributed by atoms with Crippen LogP contribution in [0.15, 0.2) is 0 Å². The van der Waals surface area contributed by atoms with Crippen LogP contribution in [0.25, 0.3) is 0 Å². The highest BCUT2D eigenvalue weighted by Gasteiger charge is 2.36. The topological polar surface area (TPSA) is 54.0 Å². The Morgan fingerprint density at radius 1 is 1.21 bits per heavy atom. The molecule has 5 nitrogen and oxygen atoms in total. The molecule has 0 aromatic heterocycles. The summed E-state index contributed by atoms with van der Waals surface area (Å²) in [7, 11) is 3.15. The number of carbonyl (C=O) groups is 1. The summed E-state index contributed by atoms with van der Waals surface area (Å²) < 4.78 is 20.7. The third-order valence-electron chi connectivity index (χ3n) is 2.19. The van der Waals surface area contributed by atoms with E-state index in [-0.39, 0.29) is 24.3 Å². The van der Waals surface area contributed by atoms with Gasteiger partial charge in [0.25, 0.3) is 0 Å². The van der Waals surface area contributed by atoms with Crippen molar-refractivity contribution in [2.24, 2.45) is 0 Å². The SMILES string of the molecule is CO[C@H]1[C@@H](OC(C)=O)COC[C@H]1OC. The van der Waals surface area contributed by atoms with E-state index in [4.69, 9.17) is 18.9 Å². The molecule has 5 heteroatoms. The maximum absolute atomic E-state index is 10.8. The van der Waals surface area contributed by atoms with E-state index in [1.807, 2.05) is 0 Å². The average Bonchev–Trinajstić information content (AvgIpc) is 2.16. The zero-order valence-electron chi connectivity index (χ0n) is 8.69. The van der Waals surface area contributed by atoms with Crippen LogP contribution in [0.1, 0.15) is 6.92 Å². The zero-order valence-corrected chi connectivity index (χ0v) is 8.69. The highest BCUT2D eigenvalue weighted by atomic mass is 16.6. The van der Waals surface area contributed by atoms with Crippen LogP contribution in [0.5, 0.6) is 0 Å². The summed E-state index contributed by atoms with van der Waals surface area (Å²) in [5.74, 6) is -0.336. The van der Waals surface area contributed by atoms with Crippen LogP contribution in [0.2, 0.25) is 0 Å². The summed E-state index contributed by atoms with van der Waals surface area (Å²) in [5, 5.41) is 0. The summed E-state index contributed by atoms with van der Waals surface area (Å²) in [6.07, 6.45) is -0.813. The van der Waals surface area contributed by atoms with E-state index >= 15 is 0 Å². The van der Waals surface area contributed by atoms with Crippen molar-refractivity contribution in [3.05, 3.63) is 0 Å². The van der Waals surface area contributed by atoms with Gasteiger partial charge in [-0.1, -0.05) is 0 Å². The lowest BCUT2D eigenvalue weighted by Gasteiger charge is -2.35. The van der Waals surface area contributed by atoms with E-state index < -0.39 is 0 Å². The van der Waals surface area contributed by atoms with Crippen LogP contribution in [0, 0.1) is 0 Å². The van der Waals surface area contributed by atoms with Crippen LogP contribution in [0.3, 0.4) is 0 Å². The first-order valence-electron chi connectivity index (χ1n) is 4.49. The van der Waals surface area contributed by atoms with Crippen molar-refractivity contribution in [1.29, 1.82) is 0 Å². The number of hydrogen-bond acceptors (Lipinski definition) is 5. The van der Waals surface area contributed by atoms with Gasteiger partial charge in [0.15, 0.2) is 6.10 Å². The molecule has 0 aromatic rings. The van der Waals surface area contributed by atoms with Crippen molar-refractivity contribution in [1.82, 2.24) is 0 Å². The predicted molar refractivity (Wildman–Crippen MR) is 48.0 cm³/mol. The van der Waals surface area contributed by atoms with Gasteiger partial charge in [-0.2, -0.15) is 0 Å². The van der Waals surface area contributed by atoms with Crippen molar-refractivity contribution in [3.8, 4) is 0 Å². The van der Waals surface area contributed by atoms with E-state index in [0.717, 1.165) is 0 Å². The van der Waals surface area contributed by atoms with Gasteiger partial charge < -0.3 is 18.9 Å². The molecule has 1 aliphatic heterocycles. The summed E-state index contributed by atoms with van der Waals surface area (Å²) in [6.45, 7) is 2.19. The van der Waals surface area contributed by atoms with Crippen molar-refractivity contribution in [3.63, 3.8) is 0 Å². The van der Waals surface area contributed by atoms with Gasteiger partial charge in [-0.25, -0.2) is 0 Å². The molecule has 0 saturated carbocycles. The highest BCUT2D eigenvalue weighted by molar-refractivity contribution is 5.66. The molecule has 1 aliphatic rings. The van der Waals surface area contributed by atoms with Crippen LogP contribution < -0.4 is 0 Å². The normalized spacial score (nSPS) is 32.6. The molecule has 0 aliphatic carbocycles. The minimum Gasteiger partial charge on any atom is -0.457 e. The molecule has 0 spiro atoms. The summed E-state index contributed by atoms with van der Waals surface area (Å²) in [4.78, 5) is 10.8. The Balaban J connectivity index is 2.58. The number of methoxy groups -OCH3 is 2. The molecule has 3 atom stereocenters. The van der Waals surface area contributed by atoms with E-state index in [2.05, 4.69) is 0 Å². The smallest absolute Gasteiger partial charge is 0.303 e. The minimum atomic E-state index is -0.379. The van der Waals surface area contributed by atoms with Crippen molar-refractivity contribution < 1.29 is 23.7 Å². The molecule has 1 fully saturated rings. The quantitative estimate of drug-likeness (QED) is 0.605. The largest absolute Gasteiger partial charge is 0.457 e. The Morgan fingerprint density at radius 3 is 2.36 bits per heavy atom. The Hall–Kier alpha value is -0.650. The Morgan fingerprint density at radius 2 is 1.86 bits per heavy atom. The van der Waals surface area contributed by atoms with Crippen LogP contribution >= 0.6 is 0 Å². The lowest BCUT2D eigenvalue weighted by Crippen LogP contribution is -2.51. The molecule has 0 aromatic carbocycles. The maximum atomic E-state index is 10.8. The van der Waals surface area contributed by atoms with E-state index in [1.165, 1.54) is 6.92 Å². The van der Waals surface area contributed by atoms with Gasteiger partial charge in [-0.05, 0) is 0 Å². The van der Waals surface area contributed by atoms with Crippen LogP contribution in [0.4, 0.5) is 0 Å². The minimum absolute atomic E-state index is 0.182. The fourth-order valence-electron chi connectivity index (χ4n) is 1.55. The van der Waals surface area contributed by atoms with Gasteiger partial charge in [-0.15, -0.1) is 0 Å². The lowest BCUT2D eigenvalue weighted by atomic mass is 10.1. The number of hydrogen-bond donors (Lipinski definition) is 0. The maximum Gasteiger partial charge on any atom is 0.303 e. The molecule has 0 N–H and O–H groups in total. The highest BCUT2D eigenvalue weighted by Crippen LogP contribution is 2.17. The van der Waals surface area contributed by atoms with Gasteiger partial charge >= 0.3 is 5.97 Å². The van der Waals surface area contributed by atoms with Gasteiger partial charge in [0.2, 0.25) is 0 Å². The standard InChI is InChI=1S/C9H16O5/c1-6(10)14-8-5-13-4-7(11-2)9(8)12-3/h7-9H,4-5H2,1-3H3/t7-,8+,9-/m1/s1. The molecule has 1 saturated heterocycles. The Bertz CT molecular complexity index is 194. The first-order chi connectivity index (χ1) is 6.69. The van der Waals surface area contributed by atoms with Crippen molar-refractivity contribution in [2.45, 2.75) is 25.2 Å². The zero-order chi connectivity index (χ0) is 10.6. The number of ether oxygens (including phenoxy) is 4. The van der Waals surface area contributed by atoms with E-state index in [9.17, 15) is 4.79 Å². The van der Waals surface area contributed by atoms with Crippen molar-refractivity contribution >= 4 is 5.97 Å². The number of rotatable bonds is 3. The number of carbonyl (C=O) groups excluding carboxylic acids is 1. The number of esters is 1. The molecule has 14 heavy (non-hydrogen) atoms. The lowest BCUT2D eigenvalue weighted by molar-refractivity contribution is -0.194. The van der Waals surface area contributed by atoms with Gasteiger partial charge in [0, 0.05) is 21.1 Å². The molecule has 0 unspecified atom stereocenters. The third kappa shape index (κ3) is 2.67. The second-order valence-corrected chi connectivity index (χ2v) is 3.16. The van der Waals surface area contributed by atoms with Crippen LogP contribution in [-0.4, -0.2) is 51.7 Å². The molecule has 1 heterocycles. The van der Waals surface area contributed by atoms with Gasteiger partial charge in [-0.3, -0.25) is 4.79 Å². The third-order valence-corrected chi connectivity index (χ3v) is 2.19. The second-order valence-electron chi connectivity index (χ2n) is 3.16. The molecular weight excluding hydrogens is 188 g/mol. The van der Waals surface area contributed by atoms with Gasteiger partial charge in [0.1, 0.15) is 12.2 Å². The fourth-order valence-corrected chi connectivity index (χ4v) is 1.55. The molecule has 0 bridgehead atoms. The average molecular weight is 204 g/mol. The second kappa shape index (κ2) is 5.29. The molecule has 82 valence electrons. The first-order valence-corrected chi connectivity index (χ1v) is 4.49. The summed E-state index contributed by atoms with van der Waals surface area (Å²) in [6, 6.07) is 0. The van der Waals surface area contributed by atoms with Crippen molar-refractivity contribution in [2.75, 3.05) is 27.4 Å². The first kappa shape index (κ1) is 11.4. The summed E-state index contributed by atoms with van der Waals surface area (Å²) >= 11 is 0. The van der Waals surface area contributed by atoms with Crippen LogP contribution in [-0.2, 0) is 23.7 Å². The van der Waals surface area contributed by atoms with E-state index in [0.29, 0.717) is 13.2 Å². The Kier molecular flexibility index (Phi) is 4.31. The Labute approximate surface area is 83.3 Å². The monoisotopic (exact) mass is 204 g/mol. The van der Waals surface area contributed by atoms with Gasteiger partial charge in [0.05, 0.1) is 13.2 Å². The molecule has 0 radical (unpaired) electrons. The molecule has 0 amide bonds.